The molecule has 0 radical (unpaired) electrons. The molecule has 0 aromatic carbocycles. The van der Waals surface area contributed by atoms with Gasteiger partial charge in [-0.05, 0) is 24.3 Å². The average Bonchev–Trinajstić information content (AvgIpc) is 1.86. The molecule has 1 fully saturated rings. The highest BCUT2D eigenvalue weighted by atomic mass is 15.2. The molecule has 11 heavy (non-hydrogen) atoms. The third-order valence-corrected chi connectivity index (χ3v) is 2.49. The summed E-state index contributed by atoms with van der Waals surface area (Å²) >= 11 is 0. The van der Waals surface area contributed by atoms with Crippen LogP contribution in [0.4, 0.5) is 0 Å². The maximum absolute atomic E-state index is 8.33. The SMILES string of the molecule is C[C@@H]1CCC[C@@](C)(N=[N+]=[N-])C1. The minimum atomic E-state index is -0.0909. The van der Waals surface area contributed by atoms with Gasteiger partial charge in [0.2, 0.25) is 0 Å². The van der Waals surface area contributed by atoms with Crippen molar-refractivity contribution >= 4 is 0 Å². The molecule has 0 saturated heterocycles. The third-order valence-electron chi connectivity index (χ3n) is 2.49. The lowest BCUT2D eigenvalue weighted by Gasteiger charge is -2.32. The third kappa shape index (κ3) is 2.12. The molecule has 1 rings (SSSR count). The van der Waals surface area contributed by atoms with E-state index in [1.54, 1.807) is 0 Å². The first-order valence-corrected chi connectivity index (χ1v) is 4.22. The molecule has 1 saturated carbocycles. The van der Waals surface area contributed by atoms with Crippen LogP contribution >= 0.6 is 0 Å². The molecule has 0 aromatic rings. The van der Waals surface area contributed by atoms with E-state index in [1.807, 2.05) is 0 Å². The van der Waals surface area contributed by atoms with Crippen molar-refractivity contribution < 1.29 is 0 Å². The number of nitrogens with zero attached hydrogens (tertiary/aromatic N) is 3. The van der Waals surface area contributed by atoms with Gasteiger partial charge in [0.05, 0.1) is 0 Å². The van der Waals surface area contributed by atoms with Gasteiger partial charge in [0.25, 0.3) is 0 Å². The summed E-state index contributed by atoms with van der Waals surface area (Å²) in [7, 11) is 0. The number of hydrogen-bond donors (Lipinski definition) is 0. The van der Waals surface area contributed by atoms with Crippen LogP contribution in [0.1, 0.15) is 39.5 Å². The normalized spacial score (nSPS) is 37.8. The monoisotopic (exact) mass is 153 g/mol. The van der Waals surface area contributed by atoms with Gasteiger partial charge in [-0.1, -0.05) is 31.8 Å². The fourth-order valence-electron chi connectivity index (χ4n) is 1.98. The molecule has 62 valence electrons. The van der Waals surface area contributed by atoms with Gasteiger partial charge in [0.15, 0.2) is 0 Å². The summed E-state index contributed by atoms with van der Waals surface area (Å²) in [5.41, 5.74) is 8.24. The Hall–Kier alpha value is -0.690. The van der Waals surface area contributed by atoms with E-state index in [-0.39, 0.29) is 5.54 Å². The summed E-state index contributed by atoms with van der Waals surface area (Å²) in [5.74, 6) is 0.722. The summed E-state index contributed by atoms with van der Waals surface area (Å²) in [5, 5.41) is 3.85. The molecular formula is C8H15N3. The van der Waals surface area contributed by atoms with Crippen LogP contribution in [0.5, 0.6) is 0 Å². The Balaban J connectivity index is 2.62. The van der Waals surface area contributed by atoms with Crippen molar-refractivity contribution in [2.24, 2.45) is 11.0 Å². The molecule has 0 bridgehead atoms. The van der Waals surface area contributed by atoms with E-state index in [1.165, 1.54) is 12.8 Å². The Kier molecular flexibility index (Phi) is 2.40. The van der Waals surface area contributed by atoms with Crippen molar-refractivity contribution in [3.8, 4) is 0 Å². The Morgan fingerprint density at radius 2 is 2.36 bits per heavy atom. The first kappa shape index (κ1) is 8.41. The molecule has 0 spiro atoms. The Labute approximate surface area is 67.4 Å². The minimum absolute atomic E-state index is 0.0909. The highest BCUT2D eigenvalue weighted by molar-refractivity contribution is 4.88. The van der Waals surface area contributed by atoms with Crippen molar-refractivity contribution in [2.75, 3.05) is 0 Å². The molecule has 0 N–H and O–H groups in total. The van der Waals surface area contributed by atoms with Crippen molar-refractivity contribution in [3.05, 3.63) is 10.4 Å². The first-order chi connectivity index (χ1) is 5.16. The number of azide groups is 1. The highest BCUT2D eigenvalue weighted by Gasteiger charge is 2.28. The van der Waals surface area contributed by atoms with Crippen LogP contribution in [0.2, 0.25) is 0 Å². The van der Waals surface area contributed by atoms with Gasteiger partial charge < -0.3 is 0 Å². The van der Waals surface area contributed by atoms with E-state index in [0.29, 0.717) is 0 Å². The molecular weight excluding hydrogens is 138 g/mol. The molecule has 3 nitrogen and oxygen atoms in total. The minimum Gasteiger partial charge on any atom is -0.0875 e. The zero-order valence-electron chi connectivity index (χ0n) is 7.25. The molecule has 0 unspecified atom stereocenters. The van der Waals surface area contributed by atoms with E-state index < -0.39 is 0 Å². The molecule has 3 heteroatoms. The summed E-state index contributed by atoms with van der Waals surface area (Å²) < 4.78 is 0. The summed E-state index contributed by atoms with van der Waals surface area (Å²) in [6.07, 6.45) is 4.60. The molecule has 0 aromatic heterocycles. The lowest BCUT2D eigenvalue weighted by atomic mass is 9.78. The van der Waals surface area contributed by atoms with E-state index in [2.05, 4.69) is 23.9 Å². The van der Waals surface area contributed by atoms with Crippen LogP contribution in [0, 0.1) is 5.92 Å². The number of rotatable bonds is 1. The molecule has 1 aliphatic rings. The first-order valence-electron chi connectivity index (χ1n) is 4.22. The van der Waals surface area contributed by atoms with Crippen molar-refractivity contribution in [2.45, 2.75) is 45.1 Å². The second kappa shape index (κ2) is 3.14. The standard InChI is InChI=1S/C8H15N3/c1-7-4-3-5-8(2,6-7)10-11-9/h7H,3-6H2,1-2H3/t7-,8-/m1/s1. The van der Waals surface area contributed by atoms with Crippen molar-refractivity contribution in [1.82, 2.24) is 0 Å². The van der Waals surface area contributed by atoms with E-state index >= 15 is 0 Å². The van der Waals surface area contributed by atoms with Gasteiger partial charge in [-0.3, -0.25) is 0 Å². The van der Waals surface area contributed by atoms with Gasteiger partial charge in [-0.2, -0.15) is 0 Å². The topological polar surface area (TPSA) is 48.8 Å². The Morgan fingerprint density at radius 1 is 1.64 bits per heavy atom. The van der Waals surface area contributed by atoms with Gasteiger partial charge in [-0.15, -0.1) is 0 Å². The predicted octanol–water partition coefficient (Wildman–Crippen LogP) is 3.27. The summed E-state index contributed by atoms with van der Waals surface area (Å²) in [6.45, 7) is 4.28. The molecule has 1 aliphatic carbocycles. The predicted molar refractivity (Wildman–Crippen MR) is 45.2 cm³/mol. The van der Waals surface area contributed by atoms with Crippen LogP contribution in [-0.2, 0) is 0 Å². The van der Waals surface area contributed by atoms with Crippen molar-refractivity contribution in [3.63, 3.8) is 0 Å². The Morgan fingerprint density at radius 3 is 2.91 bits per heavy atom. The maximum atomic E-state index is 8.33. The lowest BCUT2D eigenvalue weighted by Crippen LogP contribution is -2.28. The fraction of sp³-hybridized carbons (Fsp3) is 1.00. The molecule has 0 heterocycles. The summed E-state index contributed by atoms with van der Waals surface area (Å²) in [6, 6.07) is 0. The van der Waals surface area contributed by atoms with Gasteiger partial charge in [0.1, 0.15) is 0 Å². The van der Waals surface area contributed by atoms with Crippen LogP contribution < -0.4 is 0 Å². The maximum Gasteiger partial charge on any atom is 0.0462 e. The number of hydrogen-bond acceptors (Lipinski definition) is 1. The van der Waals surface area contributed by atoms with Crippen LogP contribution in [0.3, 0.4) is 0 Å². The van der Waals surface area contributed by atoms with Gasteiger partial charge in [0, 0.05) is 10.5 Å². The van der Waals surface area contributed by atoms with Crippen molar-refractivity contribution in [1.29, 1.82) is 0 Å². The van der Waals surface area contributed by atoms with Crippen LogP contribution in [0.15, 0.2) is 5.11 Å². The molecule has 0 aliphatic heterocycles. The van der Waals surface area contributed by atoms with E-state index in [4.69, 9.17) is 5.53 Å². The quantitative estimate of drug-likeness (QED) is 0.315. The zero-order chi connectivity index (χ0) is 8.32. The smallest absolute Gasteiger partial charge is 0.0462 e. The molecule has 0 amide bonds. The van der Waals surface area contributed by atoms with E-state index in [0.717, 1.165) is 18.8 Å². The second-order valence-electron chi connectivity index (χ2n) is 3.89. The van der Waals surface area contributed by atoms with E-state index in [9.17, 15) is 0 Å². The average molecular weight is 153 g/mol. The van der Waals surface area contributed by atoms with Crippen LogP contribution in [-0.4, -0.2) is 5.54 Å². The van der Waals surface area contributed by atoms with Crippen LogP contribution in [0.25, 0.3) is 10.4 Å². The Bertz CT molecular complexity index is 184. The van der Waals surface area contributed by atoms with Gasteiger partial charge >= 0.3 is 0 Å². The zero-order valence-corrected chi connectivity index (χ0v) is 7.25. The second-order valence-corrected chi connectivity index (χ2v) is 3.89. The fourth-order valence-corrected chi connectivity index (χ4v) is 1.98. The highest BCUT2D eigenvalue weighted by Crippen LogP contribution is 2.34. The lowest BCUT2D eigenvalue weighted by molar-refractivity contribution is 0.256. The molecule has 2 atom stereocenters. The summed E-state index contributed by atoms with van der Waals surface area (Å²) in [4.78, 5) is 2.89. The largest absolute Gasteiger partial charge is 0.0875 e. The van der Waals surface area contributed by atoms with Gasteiger partial charge in [-0.25, -0.2) is 0 Å².